The molecule has 14 nitrogen and oxygen atoms in total. The van der Waals surface area contributed by atoms with Crippen LogP contribution < -0.4 is 21.3 Å². The molecule has 15 heteroatoms. The van der Waals surface area contributed by atoms with Crippen molar-refractivity contribution in [2.75, 3.05) is 32.0 Å². The second-order valence-electron chi connectivity index (χ2n) is 16.5. The first kappa shape index (κ1) is 42.3. The Balaban J connectivity index is 1.11. The highest BCUT2D eigenvalue weighted by Gasteiger charge is 2.31. The molecule has 2 aliphatic rings. The lowest BCUT2D eigenvalue weighted by Gasteiger charge is -2.29. The van der Waals surface area contributed by atoms with Crippen molar-refractivity contribution in [2.45, 2.75) is 90.3 Å². The number of nitrogens with one attached hydrogen (secondary N) is 5. The third kappa shape index (κ3) is 11.4. The van der Waals surface area contributed by atoms with Crippen molar-refractivity contribution in [3.63, 3.8) is 0 Å². The fourth-order valence-corrected chi connectivity index (χ4v) is 7.79. The van der Waals surface area contributed by atoms with Crippen molar-refractivity contribution in [1.82, 2.24) is 41.5 Å². The van der Waals surface area contributed by atoms with Crippen LogP contribution in [0.5, 0.6) is 0 Å². The van der Waals surface area contributed by atoms with Crippen molar-refractivity contribution in [1.29, 1.82) is 0 Å². The van der Waals surface area contributed by atoms with Crippen LogP contribution in [0.3, 0.4) is 0 Å². The Morgan fingerprint density at radius 3 is 2.22 bits per heavy atom. The maximum Gasteiger partial charge on any atom is 0.407 e. The number of alkyl carbamates (subject to hydrolysis) is 1. The van der Waals surface area contributed by atoms with Crippen molar-refractivity contribution in [2.24, 2.45) is 11.8 Å². The largest absolute Gasteiger partial charge is 0.444 e. The standard InChI is InChI=1S/C43H54ClN9O5/c1-26-34(40(55)46-33-20-22-53(5)23-21-33)18-19-35(37(26)44)29-10-6-27(7-11-29)24-36(41(56)47-32-16-14-30(15-17-32)38-49-51-52-50-38)48-39(54)31-12-8-28(9-13-31)25-45-42(57)58-43(2,3)4/h6-7,10-11,14-19,28,31,33,36H,8-9,12-13,20-25H2,1-5H3,(H,45,57)(H,46,55)(H,47,56)(H,48,54)(H,49,50,51,52)/t28-,31-,36-/m0/s1. The summed E-state index contributed by atoms with van der Waals surface area (Å²) in [5.41, 5.74) is 4.49. The van der Waals surface area contributed by atoms with Gasteiger partial charge in [0.1, 0.15) is 11.6 Å². The molecule has 0 unspecified atom stereocenters. The van der Waals surface area contributed by atoms with Crippen LogP contribution in [0.25, 0.3) is 22.5 Å². The first-order valence-electron chi connectivity index (χ1n) is 20.0. The number of benzene rings is 3. The predicted molar refractivity (Wildman–Crippen MR) is 223 cm³/mol. The van der Waals surface area contributed by atoms with E-state index < -0.39 is 17.7 Å². The summed E-state index contributed by atoms with van der Waals surface area (Å²) < 4.78 is 5.36. The minimum Gasteiger partial charge on any atom is -0.444 e. The van der Waals surface area contributed by atoms with Gasteiger partial charge in [-0.15, -0.1) is 10.2 Å². The highest BCUT2D eigenvalue weighted by Crippen LogP contribution is 2.33. The summed E-state index contributed by atoms with van der Waals surface area (Å²) >= 11 is 6.89. The van der Waals surface area contributed by atoms with Crippen LogP contribution in [0.1, 0.15) is 80.8 Å². The molecule has 2 fully saturated rings. The Labute approximate surface area is 344 Å². The summed E-state index contributed by atoms with van der Waals surface area (Å²) in [6.45, 7) is 9.72. The molecule has 1 saturated heterocycles. The van der Waals surface area contributed by atoms with Crippen LogP contribution in [0, 0.1) is 18.8 Å². The Bertz CT molecular complexity index is 2040. The summed E-state index contributed by atoms with van der Waals surface area (Å²) in [5.74, 6) is -0.238. The van der Waals surface area contributed by atoms with Crippen LogP contribution in [0.15, 0.2) is 60.7 Å². The SMILES string of the molecule is Cc1c(C(=O)NC2CCN(C)CC2)ccc(-c2ccc(C[C@H](NC(=O)[C@H]3CC[C@H](CNC(=O)OC(C)(C)C)CC3)C(=O)Nc3ccc(-c4nn[nH]n4)cc3)cc2)c1Cl. The van der Waals surface area contributed by atoms with Gasteiger partial charge in [0.05, 0.1) is 5.02 Å². The zero-order valence-electron chi connectivity index (χ0n) is 33.9. The number of hydrogen-bond donors (Lipinski definition) is 5. The predicted octanol–water partition coefficient (Wildman–Crippen LogP) is 6.32. The van der Waals surface area contributed by atoms with E-state index >= 15 is 0 Å². The molecule has 4 amide bonds. The van der Waals surface area contributed by atoms with E-state index in [4.69, 9.17) is 16.3 Å². The molecule has 1 aromatic heterocycles. The fourth-order valence-electron chi connectivity index (χ4n) is 7.51. The van der Waals surface area contributed by atoms with E-state index in [0.717, 1.165) is 61.0 Å². The number of likely N-dealkylation sites (tertiary alicyclic amines) is 1. The molecule has 6 rings (SSSR count). The number of hydrogen-bond acceptors (Lipinski definition) is 9. The molecule has 2 heterocycles. The first-order chi connectivity index (χ1) is 27.7. The maximum atomic E-state index is 13.9. The topological polar surface area (TPSA) is 183 Å². The third-order valence-corrected chi connectivity index (χ3v) is 11.4. The molecular weight excluding hydrogens is 758 g/mol. The first-order valence-corrected chi connectivity index (χ1v) is 20.4. The van der Waals surface area contributed by atoms with E-state index in [1.165, 1.54) is 0 Å². The summed E-state index contributed by atoms with van der Waals surface area (Å²) in [6, 6.07) is 17.8. The van der Waals surface area contributed by atoms with E-state index in [0.29, 0.717) is 47.0 Å². The summed E-state index contributed by atoms with van der Waals surface area (Å²) in [5, 5.41) is 26.6. The zero-order chi connectivity index (χ0) is 41.4. The summed E-state index contributed by atoms with van der Waals surface area (Å²) in [6.07, 6.45) is 4.46. The number of carbonyl (C=O) groups is 4. The van der Waals surface area contributed by atoms with Gasteiger partial charge in [-0.3, -0.25) is 14.4 Å². The van der Waals surface area contributed by atoms with Gasteiger partial charge in [-0.2, -0.15) is 5.21 Å². The molecule has 1 atom stereocenters. The molecule has 0 radical (unpaired) electrons. The molecule has 58 heavy (non-hydrogen) atoms. The molecular formula is C43H54ClN9O5. The molecule has 1 aliphatic heterocycles. The lowest BCUT2D eigenvalue weighted by molar-refractivity contribution is -0.130. The Hall–Kier alpha value is -5.34. The maximum absolute atomic E-state index is 13.9. The number of anilines is 1. The average molecular weight is 812 g/mol. The van der Waals surface area contributed by atoms with Crippen LogP contribution in [-0.2, 0) is 20.7 Å². The quantitative estimate of drug-likeness (QED) is 0.109. The monoisotopic (exact) mass is 811 g/mol. The minimum atomic E-state index is -0.866. The fraction of sp³-hybridized carbons (Fsp3) is 0.465. The van der Waals surface area contributed by atoms with Crippen LogP contribution in [0.2, 0.25) is 5.02 Å². The number of rotatable bonds is 12. The lowest BCUT2D eigenvalue weighted by Crippen LogP contribution is -2.48. The second-order valence-corrected chi connectivity index (χ2v) is 16.9. The lowest BCUT2D eigenvalue weighted by atomic mass is 9.81. The Morgan fingerprint density at radius 1 is 0.914 bits per heavy atom. The number of nitrogens with zero attached hydrogens (tertiary/aromatic N) is 4. The smallest absolute Gasteiger partial charge is 0.407 e. The number of aromatic nitrogens is 4. The van der Waals surface area contributed by atoms with E-state index in [-0.39, 0.29) is 42.0 Å². The van der Waals surface area contributed by atoms with Crippen LogP contribution in [-0.4, -0.2) is 93.7 Å². The second kappa shape index (κ2) is 18.9. The molecule has 3 aromatic carbocycles. The van der Waals surface area contributed by atoms with Gasteiger partial charge in [0, 0.05) is 47.3 Å². The molecule has 308 valence electrons. The number of H-pyrrole nitrogens is 1. The number of ether oxygens (including phenoxy) is 1. The highest BCUT2D eigenvalue weighted by atomic mass is 35.5. The molecule has 0 bridgehead atoms. The van der Waals surface area contributed by atoms with E-state index in [2.05, 4.69) is 53.8 Å². The number of piperidine rings is 1. The Kier molecular flexibility index (Phi) is 13.8. The van der Waals surface area contributed by atoms with Crippen molar-refractivity contribution in [3.8, 4) is 22.5 Å². The molecule has 4 aromatic rings. The van der Waals surface area contributed by atoms with E-state index in [1.54, 1.807) is 24.3 Å². The van der Waals surface area contributed by atoms with Gasteiger partial charge >= 0.3 is 6.09 Å². The summed E-state index contributed by atoms with van der Waals surface area (Å²) in [7, 11) is 2.09. The van der Waals surface area contributed by atoms with Gasteiger partial charge in [-0.25, -0.2) is 4.79 Å². The molecule has 5 N–H and O–H groups in total. The average Bonchev–Trinajstić information content (AvgIpc) is 3.74. The molecule has 0 spiro atoms. The number of halogens is 1. The van der Waals surface area contributed by atoms with Gasteiger partial charge in [-0.05, 0) is 145 Å². The van der Waals surface area contributed by atoms with Gasteiger partial charge in [0.2, 0.25) is 17.6 Å². The van der Waals surface area contributed by atoms with Crippen LogP contribution in [0.4, 0.5) is 10.5 Å². The highest BCUT2D eigenvalue weighted by molar-refractivity contribution is 6.34. The van der Waals surface area contributed by atoms with Crippen LogP contribution >= 0.6 is 11.6 Å². The van der Waals surface area contributed by atoms with Gasteiger partial charge < -0.3 is 30.9 Å². The number of tetrazole rings is 1. The number of aromatic amines is 1. The molecule has 1 saturated carbocycles. The zero-order valence-corrected chi connectivity index (χ0v) is 34.6. The van der Waals surface area contributed by atoms with Crippen molar-refractivity contribution >= 4 is 41.1 Å². The minimum absolute atomic E-state index is 0.117. The number of amides is 4. The van der Waals surface area contributed by atoms with Crippen molar-refractivity contribution in [3.05, 3.63) is 82.4 Å². The normalized spacial score (nSPS) is 18.2. The number of carbonyl (C=O) groups excluding carboxylic acids is 4. The molecule has 1 aliphatic carbocycles. The summed E-state index contributed by atoms with van der Waals surface area (Å²) in [4.78, 5) is 55.2. The van der Waals surface area contributed by atoms with E-state index in [1.807, 2.05) is 64.1 Å². The third-order valence-electron chi connectivity index (χ3n) is 10.9. The van der Waals surface area contributed by atoms with Gasteiger partial charge in [-0.1, -0.05) is 41.9 Å². The van der Waals surface area contributed by atoms with Gasteiger partial charge in [0.15, 0.2) is 0 Å². The van der Waals surface area contributed by atoms with Gasteiger partial charge in [0.25, 0.3) is 5.91 Å². The van der Waals surface area contributed by atoms with Crippen molar-refractivity contribution < 1.29 is 23.9 Å². The van der Waals surface area contributed by atoms with E-state index in [9.17, 15) is 19.2 Å². The Morgan fingerprint density at radius 2 is 1.59 bits per heavy atom.